The van der Waals surface area contributed by atoms with Crippen LogP contribution in [0.4, 0.5) is 5.88 Å². The molecule has 1 aromatic heterocycles. The number of anilines is 1. The van der Waals surface area contributed by atoms with Crippen LogP contribution in [0.2, 0.25) is 0 Å². The maximum atomic E-state index is 10.5. The number of nitrogens with zero attached hydrogens (tertiary/aromatic N) is 1. The molecule has 0 N–H and O–H groups in total. The van der Waals surface area contributed by atoms with Crippen LogP contribution in [-0.4, -0.2) is 19.4 Å². The van der Waals surface area contributed by atoms with E-state index in [4.69, 9.17) is 4.42 Å². The van der Waals surface area contributed by atoms with Gasteiger partial charge in [-0.25, -0.2) is 0 Å². The van der Waals surface area contributed by atoms with Crippen molar-refractivity contribution in [1.82, 2.24) is 0 Å². The van der Waals surface area contributed by atoms with Crippen LogP contribution in [0.1, 0.15) is 12.8 Å². The zero-order valence-electron chi connectivity index (χ0n) is 7.48. The molecule has 1 fully saturated rings. The number of hydrogen-bond acceptors (Lipinski definition) is 3. The summed E-state index contributed by atoms with van der Waals surface area (Å²) in [4.78, 5) is 12.7. The van der Waals surface area contributed by atoms with E-state index >= 15 is 0 Å². The summed E-state index contributed by atoms with van der Waals surface area (Å²) >= 11 is 0. The van der Waals surface area contributed by atoms with Crippen LogP contribution < -0.4 is 4.90 Å². The molecule has 0 aromatic carbocycles. The third-order valence-electron chi connectivity index (χ3n) is 2.55. The second-order valence-corrected chi connectivity index (χ2v) is 3.41. The lowest BCUT2D eigenvalue weighted by molar-refractivity contribution is -0.111. The maximum Gasteiger partial charge on any atom is 0.195 e. The van der Waals surface area contributed by atoms with E-state index in [9.17, 15) is 4.79 Å². The van der Waals surface area contributed by atoms with Crippen LogP contribution in [0.25, 0.3) is 0 Å². The van der Waals surface area contributed by atoms with Gasteiger partial charge in [0.05, 0.1) is 6.26 Å². The summed E-state index contributed by atoms with van der Waals surface area (Å²) < 4.78 is 5.28. The minimum Gasteiger partial charge on any atom is -0.449 e. The Morgan fingerprint density at radius 2 is 2.23 bits per heavy atom. The van der Waals surface area contributed by atoms with E-state index in [0.29, 0.717) is 0 Å². The molecule has 1 aliphatic rings. The molecule has 0 unspecified atom stereocenters. The quantitative estimate of drug-likeness (QED) is 0.648. The lowest BCUT2D eigenvalue weighted by atomic mass is 9.99. The number of rotatable bonds is 2. The van der Waals surface area contributed by atoms with Crippen LogP contribution >= 0.6 is 0 Å². The fourth-order valence-electron chi connectivity index (χ4n) is 1.71. The minimum atomic E-state index is 0.256. The van der Waals surface area contributed by atoms with E-state index in [1.165, 1.54) is 0 Å². The van der Waals surface area contributed by atoms with Gasteiger partial charge in [0.25, 0.3) is 0 Å². The number of furan rings is 1. The summed E-state index contributed by atoms with van der Waals surface area (Å²) in [6, 6.07) is 3.85. The van der Waals surface area contributed by atoms with Crippen molar-refractivity contribution in [3.63, 3.8) is 0 Å². The Bertz CT molecular complexity index is 260. The van der Waals surface area contributed by atoms with Gasteiger partial charge in [0, 0.05) is 25.1 Å². The Morgan fingerprint density at radius 3 is 2.77 bits per heavy atom. The van der Waals surface area contributed by atoms with Crippen LogP contribution in [-0.2, 0) is 4.79 Å². The number of carbonyl (C=O) groups excluding carboxylic acids is 1. The second-order valence-electron chi connectivity index (χ2n) is 3.41. The Balaban J connectivity index is 1.95. The molecule has 0 spiro atoms. The Morgan fingerprint density at radius 1 is 1.46 bits per heavy atom. The summed E-state index contributed by atoms with van der Waals surface area (Å²) in [5.41, 5.74) is 0. The van der Waals surface area contributed by atoms with Crippen LogP contribution in [0, 0.1) is 5.92 Å². The van der Waals surface area contributed by atoms with E-state index in [1.807, 2.05) is 12.1 Å². The summed E-state index contributed by atoms with van der Waals surface area (Å²) in [6.45, 7) is 1.86. The largest absolute Gasteiger partial charge is 0.449 e. The van der Waals surface area contributed by atoms with E-state index in [1.54, 1.807) is 6.26 Å². The SMILES string of the molecule is O=CC1CCN(c2ccco2)CC1. The van der Waals surface area contributed by atoms with Gasteiger partial charge in [-0.15, -0.1) is 0 Å². The minimum absolute atomic E-state index is 0.256. The number of piperidine rings is 1. The topological polar surface area (TPSA) is 33.5 Å². The van der Waals surface area contributed by atoms with Crippen molar-refractivity contribution in [3.05, 3.63) is 18.4 Å². The molecule has 2 heterocycles. The monoisotopic (exact) mass is 179 g/mol. The van der Waals surface area contributed by atoms with Crippen LogP contribution in [0.15, 0.2) is 22.8 Å². The highest BCUT2D eigenvalue weighted by Crippen LogP contribution is 2.22. The number of carbonyl (C=O) groups is 1. The van der Waals surface area contributed by atoms with E-state index < -0.39 is 0 Å². The van der Waals surface area contributed by atoms with Gasteiger partial charge in [0.1, 0.15) is 6.29 Å². The lowest BCUT2D eigenvalue weighted by Crippen LogP contribution is -2.33. The highest BCUT2D eigenvalue weighted by molar-refractivity contribution is 5.54. The van der Waals surface area contributed by atoms with Gasteiger partial charge in [-0.05, 0) is 18.9 Å². The average molecular weight is 179 g/mol. The van der Waals surface area contributed by atoms with E-state index in [-0.39, 0.29) is 5.92 Å². The van der Waals surface area contributed by atoms with Crippen molar-refractivity contribution < 1.29 is 9.21 Å². The summed E-state index contributed by atoms with van der Waals surface area (Å²) in [6.07, 6.45) is 4.65. The molecule has 1 aromatic rings. The van der Waals surface area contributed by atoms with Crippen molar-refractivity contribution >= 4 is 12.2 Å². The van der Waals surface area contributed by atoms with Gasteiger partial charge < -0.3 is 14.1 Å². The van der Waals surface area contributed by atoms with Gasteiger partial charge in [-0.1, -0.05) is 0 Å². The Kier molecular flexibility index (Phi) is 2.34. The molecule has 3 heteroatoms. The van der Waals surface area contributed by atoms with Gasteiger partial charge in [-0.3, -0.25) is 0 Å². The normalized spacial score (nSPS) is 18.9. The molecule has 13 heavy (non-hydrogen) atoms. The third-order valence-corrected chi connectivity index (χ3v) is 2.55. The molecule has 2 rings (SSSR count). The molecule has 3 nitrogen and oxygen atoms in total. The molecular weight excluding hydrogens is 166 g/mol. The summed E-state index contributed by atoms with van der Waals surface area (Å²) in [5, 5.41) is 0. The molecule has 0 amide bonds. The van der Waals surface area contributed by atoms with Gasteiger partial charge >= 0.3 is 0 Å². The predicted octanol–water partition coefficient (Wildman–Crippen LogP) is 1.69. The van der Waals surface area contributed by atoms with Crippen molar-refractivity contribution in [3.8, 4) is 0 Å². The average Bonchev–Trinajstić information content (AvgIpc) is 2.71. The fourth-order valence-corrected chi connectivity index (χ4v) is 1.71. The predicted molar refractivity (Wildman–Crippen MR) is 49.7 cm³/mol. The second kappa shape index (κ2) is 3.64. The van der Waals surface area contributed by atoms with Crippen LogP contribution in [0.3, 0.4) is 0 Å². The first kappa shape index (κ1) is 8.35. The first-order valence-corrected chi connectivity index (χ1v) is 4.64. The molecule has 0 saturated carbocycles. The molecule has 1 aliphatic heterocycles. The fraction of sp³-hybridized carbons (Fsp3) is 0.500. The highest BCUT2D eigenvalue weighted by atomic mass is 16.3. The Labute approximate surface area is 77.3 Å². The summed E-state index contributed by atoms with van der Waals surface area (Å²) in [5.74, 6) is 1.18. The van der Waals surface area contributed by atoms with Gasteiger partial charge in [-0.2, -0.15) is 0 Å². The number of hydrogen-bond donors (Lipinski definition) is 0. The zero-order valence-corrected chi connectivity index (χ0v) is 7.48. The standard InChI is InChI=1S/C10H13NO2/c12-8-9-3-5-11(6-4-9)10-2-1-7-13-10/h1-2,7-9H,3-6H2. The first-order chi connectivity index (χ1) is 6.40. The molecule has 1 saturated heterocycles. The first-order valence-electron chi connectivity index (χ1n) is 4.64. The van der Waals surface area contributed by atoms with E-state index in [0.717, 1.165) is 38.1 Å². The van der Waals surface area contributed by atoms with E-state index in [2.05, 4.69) is 4.90 Å². The molecule has 0 radical (unpaired) electrons. The molecule has 70 valence electrons. The maximum absolute atomic E-state index is 10.5. The Hall–Kier alpha value is -1.25. The molecule has 0 aliphatic carbocycles. The van der Waals surface area contributed by atoms with Crippen molar-refractivity contribution in [2.24, 2.45) is 5.92 Å². The summed E-state index contributed by atoms with van der Waals surface area (Å²) in [7, 11) is 0. The zero-order chi connectivity index (χ0) is 9.10. The van der Waals surface area contributed by atoms with Crippen molar-refractivity contribution in [2.45, 2.75) is 12.8 Å². The number of aldehydes is 1. The third kappa shape index (κ3) is 1.74. The van der Waals surface area contributed by atoms with Gasteiger partial charge in [0.2, 0.25) is 0 Å². The highest BCUT2D eigenvalue weighted by Gasteiger charge is 2.19. The van der Waals surface area contributed by atoms with Crippen molar-refractivity contribution in [2.75, 3.05) is 18.0 Å². The van der Waals surface area contributed by atoms with Gasteiger partial charge in [0.15, 0.2) is 5.88 Å². The van der Waals surface area contributed by atoms with Crippen molar-refractivity contribution in [1.29, 1.82) is 0 Å². The molecular formula is C10H13NO2. The molecule has 0 bridgehead atoms. The van der Waals surface area contributed by atoms with Crippen LogP contribution in [0.5, 0.6) is 0 Å². The smallest absolute Gasteiger partial charge is 0.195 e. The molecule has 0 atom stereocenters. The lowest BCUT2D eigenvalue weighted by Gasteiger charge is -2.29.